The van der Waals surface area contributed by atoms with E-state index in [4.69, 9.17) is 14.6 Å². The van der Waals surface area contributed by atoms with Crippen LogP contribution in [-0.2, 0) is 9.47 Å². The maximum atomic E-state index is 9.74. The average molecular weight is 216 g/mol. The minimum atomic E-state index is -0.530. The molecule has 0 saturated carbocycles. The molecular formula is C11H20O4. The lowest BCUT2D eigenvalue weighted by Gasteiger charge is -2.37. The lowest BCUT2D eigenvalue weighted by molar-refractivity contribution is -0.174. The second-order valence-electron chi connectivity index (χ2n) is 4.45. The van der Waals surface area contributed by atoms with E-state index in [0.29, 0.717) is 6.42 Å². The third-order valence-corrected chi connectivity index (χ3v) is 3.33. The summed E-state index contributed by atoms with van der Waals surface area (Å²) in [5.74, 6) is 0. The first-order chi connectivity index (χ1) is 7.31. The minimum absolute atomic E-state index is 0.0610. The normalized spacial score (nSPS) is 42.8. The summed E-state index contributed by atoms with van der Waals surface area (Å²) in [7, 11) is 0. The zero-order valence-corrected chi connectivity index (χ0v) is 8.97. The van der Waals surface area contributed by atoms with E-state index in [1.807, 2.05) is 0 Å². The number of rotatable bonds is 1. The summed E-state index contributed by atoms with van der Waals surface area (Å²) in [6.45, 7) is 0.710. The van der Waals surface area contributed by atoms with E-state index in [2.05, 4.69) is 0 Å². The number of fused-ring (bicyclic) bond motifs is 1. The van der Waals surface area contributed by atoms with Gasteiger partial charge in [-0.2, -0.15) is 0 Å². The van der Waals surface area contributed by atoms with Gasteiger partial charge in [0.05, 0.1) is 24.9 Å². The van der Waals surface area contributed by atoms with Crippen molar-refractivity contribution in [1.82, 2.24) is 0 Å². The molecule has 0 aromatic carbocycles. The first-order valence-electron chi connectivity index (χ1n) is 5.87. The molecule has 2 saturated heterocycles. The predicted molar refractivity (Wildman–Crippen MR) is 54.6 cm³/mol. The fourth-order valence-corrected chi connectivity index (χ4v) is 2.43. The van der Waals surface area contributed by atoms with Gasteiger partial charge in [0.2, 0.25) is 0 Å². The topological polar surface area (TPSA) is 58.9 Å². The first-order valence-corrected chi connectivity index (χ1v) is 5.87. The monoisotopic (exact) mass is 216 g/mol. The number of aliphatic hydroxyl groups excluding tert-OH is 2. The highest BCUT2D eigenvalue weighted by Gasteiger charge is 2.33. The van der Waals surface area contributed by atoms with Crippen molar-refractivity contribution in [1.29, 1.82) is 0 Å². The van der Waals surface area contributed by atoms with Gasteiger partial charge < -0.3 is 19.7 Å². The zero-order chi connectivity index (χ0) is 10.7. The largest absolute Gasteiger partial charge is 0.394 e. The summed E-state index contributed by atoms with van der Waals surface area (Å²) < 4.78 is 11.4. The molecule has 0 amide bonds. The van der Waals surface area contributed by atoms with E-state index in [0.717, 1.165) is 32.3 Å². The fourth-order valence-electron chi connectivity index (χ4n) is 2.43. The molecule has 2 N–H and O–H groups in total. The molecule has 4 nitrogen and oxygen atoms in total. The van der Waals surface area contributed by atoms with E-state index in [9.17, 15) is 5.11 Å². The van der Waals surface area contributed by atoms with E-state index in [1.54, 1.807) is 0 Å². The van der Waals surface area contributed by atoms with Crippen LogP contribution in [0.2, 0.25) is 0 Å². The van der Waals surface area contributed by atoms with Crippen molar-refractivity contribution in [3.8, 4) is 0 Å². The highest BCUT2D eigenvalue weighted by molar-refractivity contribution is 4.82. The summed E-state index contributed by atoms with van der Waals surface area (Å²) in [4.78, 5) is 0. The Bertz CT molecular complexity index is 197. The van der Waals surface area contributed by atoms with Crippen LogP contribution in [0.5, 0.6) is 0 Å². The fraction of sp³-hybridized carbons (Fsp3) is 1.00. The molecule has 0 radical (unpaired) electrons. The van der Waals surface area contributed by atoms with Crippen LogP contribution >= 0.6 is 0 Å². The summed E-state index contributed by atoms with van der Waals surface area (Å²) >= 11 is 0. The molecule has 0 aromatic rings. The molecular weight excluding hydrogens is 196 g/mol. The Kier molecular flexibility index (Phi) is 3.97. The van der Waals surface area contributed by atoms with Crippen LogP contribution in [0.3, 0.4) is 0 Å². The van der Waals surface area contributed by atoms with Crippen molar-refractivity contribution in [2.75, 3.05) is 13.2 Å². The zero-order valence-electron chi connectivity index (χ0n) is 8.97. The standard InChI is InChI=1S/C11H20O4/c12-7-11-8(13)3-1-4-9-10(15-11)5-2-6-14-9/h8-13H,1-7H2/t8-,9+,10-,11+/m0/s1. The van der Waals surface area contributed by atoms with Gasteiger partial charge in [-0.15, -0.1) is 0 Å². The Balaban J connectivity index is 1.99. The van der Waals surface area contributed by atoms with Crippen LogP contribution in [0.1, 0.15) is 32.1 Å². The maximum absolute atomic E-state index is 9.74. The van der Waals surface area contributed by atoms with Crippen LogP contribution in [0, 0.1) is 0 Å². The summed E-state index contributed by atoms with van der Waals surface area (Å²) in [5, 5.41) is 18.9. The average Bonchev–Trinajstić information content (AvgIpc) is 2.24. The molecule has 2 aliphatic rings. The molecule has 2 fully saturated rings. The second kappa shape index (κ2) is 5.25. The van der Waals surface area contributed by atoms with Gasteiger partial charge in [0.1, 0.15) is 6.10 Å². The molecule has 4 atom stereocenters. The van der Waals surface area contributed by atoms with Gasteiger partial charge in [0.15, 0.2) is 0 Å². The van der Waals surface area contributed by atoms with Crippen molar-refractivity contribution < 1.29 is 19.7 Å². The van der Waals surface area contributed by atoms with Gasteiger partial charge in [0, 0.05) is 6.61 Å². The summed E-state index contributed by atoms with van der Waals surface area (Å²) in [5.41, 5.74) is 0. The Morgan fingerprint density at radius 3 is 2.67 bits per heavy atom. The van der Waals surface area contributed by atoms with Crippen molar-refractivity contribution in [2.24, 2.45) is 0 Å². The molecule has 0 bridgehead atoms. The quantitative estimate of drug-likeness (QED) is 0.668. The van der Waals surface area contributed by atoms with Gasteiger partial charge in [0.25, 0.3) is 0 Å². The van der Waals surface area contributed by atoms with Crippen molar-refractivity contribution in [3.05, 3.63) is 0 Å². The Labute approximate surface area is 90.2 Å². The van der Waals surface area contributed by atoms with E-state index >= 15 is 0 Å². The van der Waals surface area contributed by atoms with Gasteiger partial charge in [-0.05, 0) is 32.1 Å². The van der Waals surface area contributed by atoms with Crippen molar-refractivity contribution >= 4 is 0 Å². The number of hydrogen-bond acceptors (Lipinski definition) is 4. The lowest BCUT2D eigenvalue weighted by atomic mass is 9.95. The molecule has 0 spiro atoms. The van der Waals surface area contributed by atoms with E-state index < -0.39 is 12.2 Å². The second-order valence-corrected chi connectivity index (χ2v) is 4.45. The molecule has 0 aliphatic carbocycles. The summed E-state index contributed by atoms with van der Waals surface area (Å²) in [6, 6.07) is 0. The van der Waals surface area contributed by atoms with Gasteiger partial charge in [-0.25, -0.2) is 0 Å². The Morgan fingerprint density at radius 2 is 1.87 bits per heavy atom. The van der Waals surface area contributed by atoms with Crippen molar-refractivity contribution in [2.45, 2.75) is 56.5 Å². The molecule has 4 heteroatoms. The highest BCUT2D eigenvalue weighted by Crippen LogP contribution is 2.26. The molecule has 15 heavy (non-hydrogen) atoms. The van der Waals surface area contributed by atoms with Crippen LogP contribution in [0.15, 0.2) is 0 Å². The Morgan fingerprint density at radius 1 is 1.07 bits per heavy atom. The maximum Gasteiger partial charge on any atom is 0.107 e. The molecule has 2 aliphatic heterocycles. The van der Waals surface area contributed by atoms with Crippen LogP contribution < -0.4 is 0 Å². The van der Waals surface area contributed by atoms with Crippen LogP contribution in [0.25, 0.3) is 0 Å². The third kappa shape index (κ3) is 2.69. The van der Waals surface area contributed by atoms with Crippen LogP contribution in [-0.4, -0.2) is 47.8 Å². The van der Waals surface area contributed by atoms with E-state index in [-0.39, 0.29) is 18.8 Å². The Hall–Kier alpha value is -0.160. The van der Waals surface area contributed by atoms with Gasteiger partial charge in [-0.1, -0.05) is 0 Å². The van der Waals surface area contributed by atoms with Gasteiger partial charge >= 0.3 is 0 Å². The molecule has 0 aromatic heterocycles. The molecule has 2 rings (SSSR count). The molecule has 0 unspecified atom stereocenters. The lowest BCUT2D eigenvalue weighted by Crippen LogP contribution is -2.45. The highest BCUT2D eigenvalue weighted by atomic mass is 16.6. The molecule has 88 valence electrons. The van der Waals surface area contributed by atoms with E-state index in [1.165, 1.54) is 0 Å². The minimum Gasteiger partial charge on any atom is -0.394 e. The van der Waals surface area contributed by atoms with Crippen molar-refractivity contribution in [3.63, 3.8) is 0 Å². The number of aliphatic hydroxyl groups is 2. The predicted octanol–water partition coefficient (Wildman–Crippen LogP) is 0.456. The smallest absolute Gasteiger partial charge is 0.107 e. The van der Waals surface area contributed by atoms with Gasteiger partial charge in [-0.3, -0.25) is 0 Å². The third-order valence-electron chi connectivity index (χ3n) is 3.33. The van der Waals surface area contributed by atoms with Crippen LogP contribution in [0.4, 0.5) is 0 Å². The summed E-state index contributed by atoms with van der Waals surface area (Å²) in [6.07, 6.45) is 3.85. The number of hydrogen-bond donors (Lipinski definition) is 2. The SMILES string of the molecule is OC[C@H]1O[C@H]2CCCO[C@@H]2CCC[C@@H]1O. The first kappa shape index (κ1) is 11.3. The molecule has 2 heterocycles. The number of ether oxygens (including phenoxy) is 2.